The quantitative estimate of drug-likeness (QED) is 0.720. The standard InChI is InChI=1S/C12H19N3S/c13-11-10-3-1-2-9(8-14-10)12(11)15-4-6-16-7-5-15/h14H,1-8,13H2. The third-order valence-electron chi connectivity index (χ3n) is 3.66. The van der Waals surface area contributed by atoms with Gasteiger partial charge in [0.2, 0.25) is 0 Å². The van der Waals surface area contributed by atoms with Gasteiger partial charge in [-0.25, -0.2) is 0 Å². The molecule has 3 aliphatic heterocycles. The van der Waals surface area contributed by atoms with Gasteiger partial charge in [-0.15, -0.1) is 0 Å². The van der Waals surface area contributed by atoms with Crippen molar-refractivity contribution in [3.05, 3.63) is 22.7 Å². The Labute approximate surface area is 101 Å². The molecule has 0 amide bonds. The lowest BCUT2D eigenvalue weighted by Crippen LogP contribution is -2.38. The zero-order valence-corrected chi connectivity index (χ0v) is 10.4. The first-order valence-corrected chi connectivity index (χ1v) is 7.29. The molecule has 0 aromatic heterocycles. The molecular weight excluding hydrogens is 218 g/mol. The van der Waals surface area contributed by atoms with Gasteiger partial charge in [0, 0.05) is 36.8 Å². The maximum absolute atomic E-state index is 6.31. The molecule has 0 aromatic carbocycles. The van der Waals surface area contributed by atoms with Crippen LogP contribution in [-0.4, -0.2) is 36.0 Å². The van der Waals surface area contributed by atoms with Crippen LogP contribution in [0.4, 0.5) is 0 Å². The number of allylic oxidation sites excluding steroid dienone is 1. The number of rotatable bonds is 1. The highest BCUT2D eigenvalue weighted by atomic mass is 32.2. The first-order chi connectivity index (χ1) is 7.86. The molecule has 3 N–H and O–H groups in total. The van der Waals surface area contributed by atoms with Gasteiger partial charge in [0.1, 0.15) is 0 Å². The van der Waals surface area contributed by atoms with E-state index in [2.05, 4.69) is 22.0 Å². The van der Waals surface area contributed by atoms with E-state index in [9.17, 15) is 0 Å². The van der Waals surface area contributed by atoms with Crippen molar-refractivity contribution in [2.75, 3.05) is 31.1 Å². The average Bonchev–Trinajstić information content (AvgIpc) is 2.64. The highest BCUT2D eigenvalue weighted by Crippen LogP contribution is 2.32. The predicted molar refractivity (Wildman–Crippen MR) is 69.0 cm³/mol. The molecule has 3 heterocycles. The van der Waals surface area contributed by atoms with E-state index in [1.807, 2.05) is 0 Å². The van der Waals surface area contributed by atoms with Crippen molar-refractivity contribution in [3.8, 4) is 0 Å². The predicted octanol–water partition coefficient (Wildman–Crippen LogP) is 1.25. The summed E-state index contributed by atoms with van der Waals surface area (Å²) >= 11 is 2.05. The van der Waals surface area contributed by atoms with Crippen molar-refractivity contribution in [1.82, 2.24) is 10.2 Å². The minimum absolute atomic E-state index is 1.02. The third-order valence-corrected chi connectivity index (χ3v) is 4.61. The fraction of sp³-hybridized carbons (Fsp3) is 0.667. The Morgan fingerprint density at radius 2 is 2.00 bits per heavy atom. The summed E-state index contributed by atoms with van der Waals surface area (Å²) in [6.07, 6.45) is 3.60. The molecule has 1 aliphatic carbocycles. The molecule has 2 saturated heterocycles. The summed E-state index contributed by atoms with van der Waals surface area (Å²) in [6.45, 7) is 3.35. The Morgan fingerprint density at radius 3 is 2.81 bits per heavy atom. The molecule has 2 fully saturated rings. The van der Waals surface area contributed by atoms with E-state index in [0.717, 1.165) is 31.8 Å². The van der Waals surface area contributed by atoms with Crippen LogP contribution in [0.2, 0.25) is 0 Å². The second-order valence-electron chi connectivity index (χ2n) is 4.65. The lowest BCUT2D eigenvalue weighted by atomic mass is 10.1. The van der Waals surface area contributed by atoms with E-state index in [-0.39, 0.29) is 0 Å². The summed E-state index contributed by atoms with van der Waals surface area (Å²) in [6, 6.07) is 0. The first-order valence-electron chi connectivity index (χ1n) is 6.14. The summed E-state index contributed by atoms with van der Waals surface area (Å²) in [7, 11) is 0. The highest BCUT2D eigenvalue weighted by molar-refractivity contribution is 7.99. The van der Waals surface area contributed by atoms with Gasteiger partial charge in [0.05, 0.1) is 11.4 Å². The molecule has 4 rings (SSSR count). The van der Waals surface area contributed by atoms with Crippen molar-refractivity contribution in [1.29, 1.82) is 0 Å². The van der Waals surface area contributed by atoms with Crippen LogP contribution in [-0.2, 0) is 0 Å². The topological polar surface area (TPSA) is 41.3 Å². The van der Waals surface area contributed by atoms with Crippen LogP contribution in [0.25, 0.3) is 0 Å². The summed E-state index contributed by atoms with van der Waals surface area (Å²) < 4.78 is 0. The van der Waals surface area contributed by atoms with Crippen molar-refractivity contribution in [3.63, 3.8) is 0 Å². The number of thioether (sulfide) groups is 1. The number of nitrogens with zero attached hydrogens (tertiary/aromatic N) is 1. The van der Waals surface area contributed by atoms with Crippen LogP contribution in [0, 0.1) is 0 Å². The second-order valence-corrected chi connectivity index (χ2v) is 5.88. The van der Waals surface area contributed by atoms with Gasteiger partial charge in [0.15, 0.2) is 0 Å². The molecule has 0 saturated carbocycles. The first kappa shape index (κ1) is 10.4. The van der Waals surface area contributed by atoms with Gasteiger partial charge in [-0.3, -0.25) is 0 Å². The summed E-state index contributed by atoms with van der Waals surface area (Å²) in [5, 5.41) is 3.46. The number of dihydropyridines is 1. The van der Waals surface area contributed by atoms with Crippen molar-refractivity contribution in [2.45, 2.75) is 19.3 Å². The Morgan fingerprint density at radius 1 is 1.19 bits per heavy atom. The van der Waals surface area contributed by atoms with Crippen LogP contribution < -0.4 is 11.1 Å². The molecular formula is C12H19N3S. The SMILES string of the molecule is NC1=C2CCCC(=C1N1CCSCC1)CN2. The van der Waals surface area contributed by atoms with Crippen molar-refractivity contribution in [2.24, 2.45) is 5.73 Å². The average molecular weight is 237 g/mol. The summed E-state index contributed by atoms with van der Waals surface area (Å²) in [4.78, 5) is 2.51. The van der Waals surface area contributed by atoms with Gasteiger partial charge < -0.3 is 16.0 Å². The fourth-order valence-corrected chi connectivity index (χ4v) is 3.72. The van der Waals surface area contributed by atoms with Crippen LogP contribution in [0.15, 0.2) is 22.7 Å². The molecule has 16 heavy (non-hydrogen) atoms. The summed E-state index contributed by atoms with van der Waals surface area (Å²) in [5.41, 5.74) is 11.5. The number of hydrogen-bond donors (Lipinski definition) is 2. The molecule has 0 radical (unpaired) electrons. The molecule has 0 unspecified atom stereocenters. The molecule has 0 spiro atoms. The Balaban J connectivity index is 1.94. The number of fused-ring (bicyclic) bond motifs is 4. The lowest BCUT2D eigenvalue weighted by molar-refractivity contribution is 0.377. The molecule has 4 aliphatic rings. The van der Waals surface area contributed by atoms with Crippen molar-refractivity contribution >= 4 is 11.8 Å². The Hall–Kier alpha value is -0.770. The third kappa shape index (κ3) is 1.69. The van der Waals surface area contributed by atoms with Gasteiger partial charge >= 0.3 is 0 Å². The minimum atomic E-state index is 1.02. The van der Waals surface area contributed by atoms with Crippen molar-refractivity contribution < 1.29 is 0 Å². The van der Waals surface area contributed by atoms with Crippen LogP contribution >= 0.6 is 11.8 Å². The summed E-state index contributed by atoms with van der Waals surface area (Å²) in [5.74, 6) is 2.49. The fourth-order valence-electron chi connectivity index (χ4n) is 2.82. The minimum Gasteiger partial charge on any atom is -0.396 e. The van der Waals surface area contributed by atoms with Gasteiger partial charge in [0.25, 0.3) is 0 Å². The molecule has 4 heteroatoms. The maximum atomic E-state index is 6.31. The van der Waals surface area contributed by atoms with Crippen LogP contribution in [0.1, 0.15) is 19.3 Å². The second kappa shape index (κ2) is 4.24. The Bertz CT molecular complexity index is 345. The van der Waals surface area contributed by atoms with Gasteiger partial charge in [-0.2, -0.15) is 11.8 Å². The zero-order chi connectivity index (χ0) is 11.0. The largest absolute Gasteiger partial charge is 0.396 e. The lowest BCUT2D eigenvalue weighted by Gasteiger charge is -2.35. The number of hydrogen-bond acceptors (Lipinski definition) is 4. The smallest absolute Gasteiger partial charge is 0.0744 e. The van der Waals surface area contributed by atoms with Crippen LogP contribution in [0.3, 0.4) is 0 Å². The number of nitrogens with one attached hydrogen (secondary N) is 1. The number of nitrogens with two attached hydrogens (primary N) is 1. The maximum Gasteiger partial charge on any atom is 0.0744 e. The Kier molecular flexibility index (Phi) is 2.75. The highest BCUT2D eigenvalue weighted by Gasteiger charge is 2.27. The molecule has 0 aromatic rings. The molecule has 2 bridgehead atoms. The van der Waals surface area contributed by atoms with Gasteiger partial charge in [-0.05, 0) is 24.8 Å². The van der Waals surface area contributed by atoms with E-state index >= 15 is 0 Å². The molecule has 3 nitrogen and oxygen atoms in total. The monoisotopic (exact) mass is 237 g/mol. The van der Waals surface area contributed by atoms with E-state index < -0.39 is 0 Å². The van der Waals surface area contributed by atoms with Gasteiger partial charge in [-0.1, -0.05) is 0 Å². The zero-order valence-electron chi connectivity index (χ0n) is 9.59. The van der Waals surface area contributed by atoms with E-state index in [1.165, 1.54) is 41.3 Å². The van der Waals surface area contributed by atoms with E-state index in [1.54, 1.807) is 0 Å². The van der Waals surface area contributed by atoms with E-state index in [4.69, 9.17) is 5.73 Å². The molecule has 88 valence electrons. The molecule has 0 atom stereocenters. The van der Waals surface area contributed by atoms with E-state index in [0.29, 0.717) is 0 Å². The van der Waals surface area contributed by atoms with Crippen LogP contribution in [0.5, 0.6) is 0 Å². The normalized spacial score (nSPS) is 25.9.